The van der Waals surface area contributed by atoms with Gasteiger partial charge in [0.1, 0.15) is 0 Å². The van der Waals surface area contributed by atoms with E-state index in [0.29, 0.717) is 6.54 Å². The summed E-state index contributed by atoms with van der Waals surface area (Å²) < 4.78 is 0. The second kappa shape index (κ2) is 9.58. The van der Waals surface area contributed by atoms with Gasteiger partial charge in [-0.2, -0.15) is 0 Å². The third kappa shape index (κ3) is 7.42. The summed E-state index contributed by atoms with van der Waals surface area (Å²) in [6.07, 6.45) is 1.92. The van der Waals surface area contributed by atoms with Gasteiger partial charge >= 0.3 is 11.9 Å². The molecule has 1 saturated heterocycles. The van der Waals surface area contributed by atoms with Crippen molar-refractivity contribution in [2.45, 2.75) is 26.3 Å². The van der Waals surface area contributed by atoms with Crippen LogP contribution in [0.3, 0.4) is 0 Å². The molecular weight excluding hydrogens is 300 g/mol. The summed E-state index contributed by atoms with van der Waals surface area (Å²) in [7, 11) is 0. The molecule has 0 spiro atoms. The highest BCUT2D eigenvalue weighted by molar-refractivity contribution is 6.27. The van der Waals surface area contributed by atoms with E-state index in [2.05, 4.69) is 41.8 Å². The molecule has 23 heavy (non-hydrogen) atoms. The van der Waals surface area contributed by atoms with Gasteiger partial charge in [-0.15, -0.1) is 0 Å². The Labute approximate surface area is 134 Å². The van der Waals surface area contributed by atoms with Crippen LogP contribution in [0.15, 0.2) is 24.3 Å². The van der Waals surface area contributed by atoms with Crippen LogP contribution >= 0.6 is 0 Å². The van der Waals surface area contributed by atoms with Gasteiger partial charge in [-0.25, -0.2) is 9.59 Å². The molecule has 4 N–H and O–H groups in total. The van der Waals surface area contributed by atoms with E-state index in [1.807, 2.05) is 0 Å². The molecule has 7 nitrogen and oxygen atoms in total. The van der Waals surface area contributed by atoms with E-state index in [1.54, 1.807) is 0 Å². The highest BCUT2D eigenvalue weighted by Crippen LogP contribution is 2.11. The summed E-state index contributed by atoms with van der Waals surface area (Å²) in [5, 5.41) is 21.1. The van der Waals surface area contributed by atoms with E-state index in [-0.39, 0.29) is 11.8 Å². The number of hydrogen-bond donors (Lipinski definition) is 4. The van der Waals surface area contributed by atoms with E-state index in [9.17, 15) is 4.79 Å². The molecule has 0 aliphatic carbocycles. The smallest absolute Gasteiger partial charge is 0.414 e. The van der Waals surface area contributed by atoms with Crippen molar-refractivity contribution in [1.29, 1.82) is 0 Å². The van der Waals surface area contributed by atoms with Gasteiger partial charge in [-0.1, -0.05) is 29.8 Å². The van der Waals surface area contributed by atoms with Crippen LogP contribution in [0.4, 0.5) is 0 Å². The number of carboxylic acids is 2. The maximum Gasteiger partial charge on any atom is 0.414 e. The predicted molar refractivity (Wildman–Crippen MR) is 83.9 cm³/mol. The summed E-state index contributed by atoms with van der Waals surface area (Å²) in [6.45, 7) is 4.63. The topological polar surface area (TPSA) is 116 Å². The Morgan fingerprint density at radius 1 is 1.09 bits per heavy atom. The molecule has 1 aliphatic rings. The lowest BCUT2D eigenvalue weighted by Crippen LogP contribution is -2.37. The van der Waals surface area contributed by atoms with Gasteiger partial charge < -0.3 is 20.8 Å². The maximum absolute atomic E-state index is 11.9. The normalized spacial score (nSPS) is 14.3. The number of rotatable bonds is 3. The van der Waals surface area contributed by atoms with Crippen LogP contribution in [0.5, 0.6) is 0 Å². The van der Waals surface area contributed by atoms with Gasteiger partial charge in [0, 0.05) is 12.5 Å². The van der Waals surface area contributed by atoms with Crippen molar-refractivity contribution in [2.24, 2.45) is 5.92 Å². The molecule has 126 valence electrons. The van der Waals surface area contributed by atoms with Crippen molar-refractivity contribution in [3.8, 4) is 0 Å². The van der Waals surface area contributed by atoms with E-state index in [0.717, 1.165) is 31.5 Å². The lowest BCUT2D eigenvalue weighted by molar-refractivity contribution is -0.159. The number of aliphatic carboxylic acids is 2. The SMILES string of the molecule is Cc1ccc(CNC(=O)C2CCNCC2)cc1.O=C(O)C(=O)O. The molecule has 0 unspecified atom stereocenters. The summed E-state index contributed by atoms with van der Waals surface area (Å²) >= 11 is 0. The summed E-state index contributed by atoms with van der Waals surface area (Å²) in [4.78, 5) is 30.1. The third-order valence-corrected chi connectivity index (χ3v) is 3.48. The fourth-order valence-corrected chi connectivity index (χ4v) is 2.12. The first-order chi connectivity index (χ1) is 10.9. The highest BCUT2D eigenvalue weighted by Gasteiger charge is 2.20. The number of carbonyl (C=O) groups is 3. The van der Waals surface area contributed by atoms with Crippen LogP contribution in [0.1, 0.15) is 24.0 Å². The number of carbonyl (C=O) groups excluding carboxylic acids is 1. The molecule has 1 amide bonds. The Kier molecular flexibility index (Phi) is 7.76. The van der Waals surface area contributed by atoms with Crippen LogP contribution in [0, 0.1) is 12.8 Å². The minimum atomic E-state index is -1.82. The van der Waals surface area contributed by atoms with Crippen LogP contribution in [0.25, 0.3) is 0 Å². The molecule has 1 aromatic carbocycles. The molecule has 0 radical (unpaired) electrons. The highest BCUT2D eigenvalue weighted by atomic mass is 16.4. The second-order valence-corrected chi connectivity index (χ2v) is 5.34. The molecule has 0 saturated carbocycles. The summed E-state index contributed by atoms with van der Waals surface area (Å²) in [5.74, 6) is -3.25. The van der Waals surface area contributed by atoms with Gasteiger partial charge in [0.25, 0.3) is 0 Å². The lowest BCUT2D eigenvalue weighted by Gasteiger charge is -2.21. The van der Waals surface area contributed by atoms with Gasteiger partial charge in [0.05, 0.1) is 0 Å². The molecule has 2 rings (SSSR count). The molecular formula is C16H22N2O5. The van der Waals surface area contributed by atoms with Crippen LogP contribution < -0.4 is 10.6 Å². The van der Waals surface area contributed by atoms with Gasteiger partial charge in [-0.3, -0.25) is 4.79 Å². The molecule has 1 fully saturated rings. The first-order valence-electron chi connectivity index (χ1n) is 7.40. The van der Waals surface area contributed by atoms with Crippen molar-refractivity contribution >= 4 is 17.8 Å². The maximum atomic E-state index is 11.9. The lowest BCUT2D eigenvalue weighted by atomic mass is 9.97. The Morgan fingerprint density at radius 3 is 2.09 bits per heavy atom. The van der Waals surface area contributed by atoms with Crippen molar-refractivity contribution in [3.05, 3.63) is 35.4 Å². The summed E-state index contributed by atoms with van der Waals surface area (Å²) in [6, 6.07) is 8.29. The third-order valence-electron chi connectivity index (χ3n) is 3.48. The average Bonchev–Trinajstić information content (AvgIpc) is 2.55. The molecule has 1 aromatic rings. The first kappa shape index (κ1) is 18.6. The van der Waals surface area contributed by atoms with Crippen molar-refractivity contribution in [3.63, 3.8) is 0 Å². The van der Waals surface area contributed by atoms with Gasteiger partial charge in [0.2, 0.25) is 5.91 Å². The zero-order valence-corrected chi connectivity index (χ0v) is 13.0. The average molecular weight is 322 g/mol. The van der Waals surface area contributed by atoms with Crippen molar-refractivity contribution in [1.82, 2.24) is 10.6 Å². The largest absolute Gasteiger partial charge is 0.473 e. The van der Waals surface area contributed by atoms with E-state index >= 15 is 0 Å². The Hall–Kier alpha value is -2.41. The molecule has 0 atom stereocenters. The fraction of sp³-hybridized carbons (Fsp3) is 0.438. The standard InChI is InChI=1S/C14H20N2O.C2H2O4/c1-11-2-4-12(5-3-11)10-16-14(17)13-6-8-15-9-7-13;3-1(4)2(5)6/h2-5,13,15H,6-10H2,1H3,(H,16,17);(H,3,4)(H,5,6). The first-order valence-corrected chi connectivity index (χ1v) is 7.40. The number of benzene rings is 1. The van der Waals surface area contributed by atoms with Crippen molar-refractivity contribution < 1.29 is 24.6 Å². The number of nitrogens with one attached hydrogen (secondary N) is 2. The zero-order chi connectivity index (χ0) is 17.2. The van der Waals surface area contributed by atoms with Crippen molar-refractivity contribution in [2.75, 3.05) is 13.1 Å². The number of carboxylic acid groups (broad SMARTS) is 2. The van der Waals surface area contributed by atoms with Crippen LogP contribution in [-0.2, 0) is 20.9 Å². The quantitative estimate of drug-likeness (QED) is 0.611. The number of piperidine rings is 1. The van der Waals surface area contributed by atoms with Crippen LogP contribution in [0.2, 0.25) is 0 Å². The number of amides is 1. The Morgan fingerprint density at radius 2 is 1.61 bits per heavy atom. The van der Waals surface area contributed by atoms with E-state index < -0.39 is 11.9 Å². The van der Waals surface area contributed by atoms with Crippen LogP contribution in [-0.4, -0.2) is 41.1 Å². The molecule has 7 heteroatoms. The monoisotopic (exact) mass is 322 g/mol. The second-order valence-electron chi connectivity index (χ2n) is 5.34. The minimum absolute atomic E-state index is 0.196. The minimum Gasteiger partial charge on any atom is -0.473 e. The Balaban J connectivity index is 0.000000379. The fourth-order valence-electron chi connectivity index (χ4n) is 2.12. The molecule has 0 bridgehead atoms. The summed E-state index contributed by atoms with van der Waals surface area (Å²) in [5.41, 5.74) is 2.41. The number of aryl methyl sites for hydroxylation is 1. The predicted octanol–water partition coefficient (Wildman–Crippen LogP) is 0.766. The Bertz CT molecular complexity index is 524. The zero-order valence-electron chi connectivity index (χ0n) is 13.0. The molecule has 0 aromatic heterocycles. The van der Waals surface area contributed by atoms with E-state index in [1.165, 1.54) is 5.56 Å². The van der Waals surface area contributed by atoms with Gasteiger partial charge in [0.15, 0.2) is 0 Å². The molecule has 1 heterocycles. The molecule has 1 aliphatic heterocycles. The number of hydrogen-bond acceptors (Lipinski definition) is 4. The van der Waals surface area contributed by atoms with E-state index in [4.69, 9.17) is 19.8 Å². The van der Waals surface area contributed by atoms with Gasteiger partial charge in [-0.05, 0) is 38.4 Å².